The van der Waals surface area contributed by atoms with Crippen molar-refractivity contribution >= 4 is 11.8 Å². The van der Waals surface area contributed by atoms with Gasteiger partial charge in [-0.25, -0.2) is 0 Å². The van der Waals surface area contributed by atoms with E-state index in [2.05, 4.69) is 5.32 Å². The van der Waals surface area contributed by atoms with Gasteiger partial charge in [0.2, 0.25) is 11.8 Å². The maximum atomic E-state index is 13.0. The molecule has 0 aliphatic carbocycles. The second-order valence-corrected chi connectivity index (χ2v) is 6.96. The van der Waals surface area contributed by atoms with Crippen molar-refractivity contribution in [2.75, 3.05) is 6.54 Å². The smallest absolute Gasteiger partial charge is 0.242 e. The standard InChI is InChI=1S/C23H30N2O2/c1-4-16-24-23(27)19(3)25(17-21-12-10-18(2)11-13-21)22(26)15-14-20-8-6-5-7-9-20/h5-13,19H,4,14-17H2,1-3H3,(H,24,27)/t19-/m0/s1. The van der Waals surface area contributed by atoms with E-state index in [-0.39, 0.29) is 11.8 Å². The zero-order valence-corrected chi connectivity index (χ0v) is 16.6. The minimum Gasteiger partial charge on any atom is -0.354 e. The van der Waals surface area contributed by atoms with E-state index in [4.69, 9.17) is 0 Å². The third kappa shape index (κ3) is 6.55. The number of nitrogens with zero attached hydrogens (tertiary/aromatic N) is 1. The molecular weight excluding hydrogens is 336 g/mol. The molecule has 0 aliphatic heterocycles. The first-order valence-electron chi connectivity index (χ1n) is 9.68. The summed E-state index contributed by atoms with van der Waals surface area (Å²) >= 11 is 0. The molecule has 1 atom stereocenters. The van der Waals surface area contributed by atoms with Gasteiger partial charge < -0.3 is 10.2 Å². The summed E-state index contributed by atoms with van der Waals surface area (Å²) in [7, 11) is 0. The molecular formula is C23H30N2O2. The summed E-state index contributed by atoms with van der Waals surface area (Å²) in [6, 6.07) is 17.6. The average molecular weight is 367 g/mol. The Bertz CT molecular complexity index is 726. The Kier molecular flexibility index (Phi) is 8.05. The number of carbonyl (C=O) groups is 2. The summed E-state index contributed by atoms with van der Waals surface area (Å²) in [5.41, 5.74) is 3.34. The van der Waals surface area contributed by atoms with Gasteiger partial charge in [-0.3, -0.25) is 9.59 Å². The lowest BCUT2D eigenvalue weighted by molar-refractivity contribution is -0.140. The maximum absolute atomic E-state index is 13.0. The normalized spacial score (nSPS) is 11.7. The number of hydrogen-bond donors (Lipinski definition) is 1. The molecule has 144 valence electrons. The van der Waals surface area contributed by atoms with Gasteiger partial charge in [0.25, 0.3) is 0 Å². The third-order valence-electron chi connectivity index (χ3n) is 4.66. The SMILES string of the molecule is CCCNC(=O)[C@H](C)N(Cc1ccc(C)cc1)C(=O)CCc1ccccc1. The van der Waals surface area contributed by atoms with Gasteiger partial charge in [0.05, 0.1) is 0 Å². The first kappa shape index (κ1) is 20.7. The van der Waals surface area contributed by atoms with Crippen LogP contribution in [0.5, 0.6) is 0 Å². The Morgan fingerprint density at radius 1 is 1.00 bits per heavy atom. The highest BCUT2D eigenvalue weighted by molar-refractivity contribution is 5.87. The maximum Gasteiger partial charge on any atom is 0.242 e. The molecule has 4 nitrogen and oxygen atoms in total. The van der Waals surface area contributed by atoms with Crippen LogP contribution in [0, 0.1) is 6.92 Å². The summed E-state index contributed by atoms with van der Waals surface area (Å²) in [5, 5.41) is 2.90. The summed E-state index contributed by atoms with van der Waals surface area (Å²) in [4.78, 5) is 27.1. The molecule has 2 aromatic rings. The summed E-state index contributed by atoms with van der Waals surface area (Å²) < 4.78 is 0. The van der Waals surface area contributed by atoms with E-state index >= 15 is 0 Å². The first-order valence-corrected chi connectivity index (χ1v) is 9.68. The van der Waals surface area contributed by atoms with Gasteiger partial charge >= 0.3 is 0 Å². The van der Waals surface area contributed by atoms with Crippen LogP contribution in [0.25, 0.3) is 0 Å². The Hall–Kier alpha value is -2.62. The summed E-state index contributed by atoms with van der Waals surface area (Å²) in [5.74, 6) is -0.101. The van der Waals surface area contributed by atoms with E-state index < -0.39 is 6.04 Å². The largest absolute Gasteiger partial charge is 0.354 e. The van der Waals surface area contributed by atoms with Crippen molar-refractivity contribution in [3.05, 3.63) is 71.3 Å². The van der Waals surface area contributed by atoms with E-state index in [0.717, 1.165) is 17.5 Å². The molecule has 2 amide bonds. The van der Waals surface area contributed by atoms with Crippen LogP contribution in [0.4, 0.5) is 0 Å². The lowest BCUT2D eigenvalue weighted by Crippen LogP contribution is -2.47. The molecule has 2 rings (SSSR count). The molecule has 0 fully saturated rings. The minimum atomic E-state index is -0.499. The minimum absolute atomic E-state index is 0.00132. The number of hydrogen-bond acceptors (Lipinski definition) is 2. The monoisotopic (exact) mass is 366 g/mol. The van der Waals surface area contributed by atoms with Crippen LogP contribution in [0.2, 0.25) is 0 Å². The van der Waals surface area contributed by atoms with Gasteiger partial charge in [0.15, 0.2) is 0 Å². The quantitative estimate of drug-likeness (QED) is 0.732. The summed E-state index contributed by atoms with van der Waals surface area (Å²) in [6.45, 7) is 6.92. The molecule has 0 saturated carbocycles. The number of rotatable bonds is 9. The Morgan fingerprint density at radius 3 is 2.30 bits per heavy atom. The van der Waals surface area contributed by atoms with Crippen molar-refractivity contribution in [1.29, 1.82) is 0 Å². The topological polar surface area (TPSA) is 49.4 Å². The molecule has 4 heteroatoms. The van der Waals surface area contributed by atoms with Gasteiger partial charge in [-0.05, 0) is 37.8 Å². The lowest BCUT2D eigenvalue weighted by atomic mass is 10.1. The molecule has 0 spiro atoms. The van der Waals surface area contributed by atoms with Crippen LogP contribution < -0.4 is 5.32 Å². The van der Waals surface area contributed by atoms with E-state index in [1.165, 1.54) is 5.56 Å². The van der Waals surface area contributed by atoms with Crippen LogP contribution in [0.3, 0.4) is 0 Å². The van der Waals surface area contributed by atoms with E-state index in [9.17, 15) is 9.59 Å². The molecule has 0 unspecified atom stereocenters. The number of nitrogens with one attached hydrogen (secondary N) is 1. The highest BCUT2D eigenvalue weighted by Crippen LogP contribution is 2.13. The number of amides is 2. The molecule has 2 aromatic carbocycles. The molecule has 27 heavy (non-hydrogen) atoms. The molecule has 0 heterocycles. The number of benzene rings is 2. The van der Waals surface area contributed by atoms with Crippen LogP contribution >= 0.6 is 0 Å². The fraction of sp³-hybridized carbons (Fsp3) is 0.391. The average Bonchev–Trinajstić information content (AvgIpc) is 2.70. The third-order valence-corrected chi connectivity index (χ3v) is 4.66. The number of aryl methyl sites for hydroxylation is 2. The molecule has 0 aromatic heterocycles. The zero-order valence-electron chi connectivity index (χ0n) is 16.6. The predicted molar refractivity (Wildman–Crippen MR) is 109 cm³/mol. The van der Waals surface area contributed by atoms with Crippen molar-refractivity contribution in [2.45, 2.75) is 52.6 Å². The fourth-order valence-corrected chi connectivity index (χ4v) is 2.91. The van der Waals surface area contributed by atoms with Gasteiger partial charge in [-0.1, -0.05) is 67.1 Å². The van der Waals surface area contributed by atoms with Crippen molar-refractivity contribution < 1.29 is 9.59 Å². The second kappa shape index (κ2) is 10.5. The zero-order chi connectivity index (χ0) is 19.6. The van der Waals surface area contributed by atoms with E-state index in [0.29, 0.717) is 25.9 Å². The van der Waals surface area contributed by atoms with Crippen molar-refractivity contribution in [1.82, 2.24) is 10.2 Å². The van der Waals surface area contributed by atoms with Crippen LogP contribution in [0.15, 0.2) is 54.6 Å². The highest BCUT2D eigenvalue weighted by Gasteiger charge is 2.25. The fourth-order valence-electron chi connectivity index (χ4n) is 2.91. The second-order valence-electron chi connectivity index (χ2n) is 6.96. The van der Waals surface area contributed by atoms with E-state index in [1.54, 1.807) is 11.8 Å². The van der Waals surface area contributed by atoms with Crippen LogP contribution in [-0.4, -0.2) is 29.3 Å². The molecule has 0 saturated heterocycles. The summed E-state index contributed by atoms with van der Waals surface area (Å²) in [6.07, 6.45) is 1.94. The van der Waals surface area contributed by atoms with Crippen molar-refractivity contribution in [3.63, 3.8) is 0 Å². The van der Waals surface area contributed by atoms with Crippen molar-refractivity contribution in [2.24, 2.45) is 0 Å². The Morgan fingerprint density at radius 2 is 1.67 bits per heavy atom. The molecule has 1 N–H and O–H groups in total. The van der Waals surface area contributed by atoms with Gasteiger partial charge in [-0.15, -0.1) is 0 Å². The predicted octanol–water partition coefficient (Wildman–Crippen LogP) is 3.87. The Balaban J connectivity index is 2.10. The highest BCUT2D eigenvalue weighted by atomic mass is 16.2. The van der Waals surface area contributed by atoms with Crippen molar-refractivity contribution in [3.8, 4) is 0 Å². The van der Waals surface area contributed by atoms with E-state index in [1.807, 2.05) is 68.4 Å². The van der Waals surface area contributed by atoms with Gasteiger partial charge in [-0.2, -0.15) is 0 Å². The molecule has 0 aliphatic rings. The molecule has 0 bridgehead atoms. The van der Waals surface area contributed by atoms with Gasteiger partial charge in [0, 0.05) is 19.5 Å². The van der Waals surface area contributed by atoms with Gasteiger partial charge in [0.1, 0.15) is 6.04 Å². The first-order chi connectivity index (χ1) is 13.0. The molecule has 0 radical (unpaired) electrons. The van der Waals surface area contributed by atoms with Crippen LogP contribution in [0.1, 0.15) is 43.4 Å². The van der Waals surface area contributed by atoms with Crippen LogP contribution in [-0.2, 0) is 22.6 Å². The number of carbonyl (C=O) groups excluding carboxylic acids is 2. The lowest BCUT2D eigenvalue weighted by Gasteiger charge is -2.29. The Labute approximate surface area is 162 Å².